The number of carbonyl (C=O) groups is 2. The SMILES string of the molecule is O=C(CCC(=O)Oc1c(Br)cc(Br)cc1Br)OCC(F)(F)S(=O)(=O)O. The highest BCUT2D eigenvalue weighted by molar-refractivity contribution is 9.11. The van der Waals surface area contributed by atoms with E-state index in [9.17, 15) is 26.8 Å². The zero-order valence-electron chi connectivity index (χ0n) is 12.0. The number of alkyl halides is 2. The molecule has 0 bridgehead atoms. The number of benzene rings is 1. The third-order valence-electron chi connectivity index (χ3n) is 2.49. The van der Waals surface area contributed by atoms with Gasteiger partial charge in [-0.25, -0.2) is 0 Å². The van der Waals surface area contributed by atoms with E-state index >= 15 is 0 Å². The molecule has 0 aliphatic rings. The largest absolute Gasteiger partial charge is 0.458 e. The predicted molar refractivity (Wildman–Crippen MR) is 91.9 cm³/mol. The number of rotatable bonds is 7. The first-order valence-corrected chi connectivity index (χ1v) is 10.0. The lowest BCUT2D eigenvalue weighted by molar-refractivity contribution is -0.151. The molecule has 0 fully saturated rings. The van der Waals surface area contributed by atoms with Crippen LogP contribution in [0.15, 0.2) is 25.6 Å². The fraction of sp³-hybridized carbons (Fsp3) is 0.333. The summed E-state index contributed by atoms with van der Waals surface area (Å²) in [6, 6.07) is 3.22. The smallest absolute Gasteiger partial charge is 0.402 e. The van der Waals surface area contributed by atoms with E-state index in [1.165, 1.54) is 0 Å². The normalized spacial score (nSPS) is 11.9. The highest BCUT2D eigenvalue weighted by Crippen LogP contribution is 2.36. The summed E-state index contributed by atoms with van der Waals surface area (Å²) in [6.07, 6.45) is -1.11. The van der Waals surface area contributed by atoms with Crippen molar-refractivity contribution in [3.8, 4) is 5.75 Å². The first-order valence-electron chi connectivity index (χ1n) is 6.19. The Hall–Kier alpha value is -0.630. The number of halogens is 5. The molecule has 1 aromatic rings. The number of hydrogen-bond acceptors (Lipinski definition) is 6. The van der Waals surface area contributed by atoms with Gasteiger partial charge in [-0.2, -0.15) is 17.2 Å². The van der Waals surface area contributed by atoms with Gasteiger partial charge in [0.2, 0.25) is 0 Å². The van der Waals surface area contributed by atoms with Crippen molar-refractivity contribution >= 4 is 69.8 Å². The van der Waals surface area contributed by atoms with E-state index in [1.54, 1.807) is 12.1 Å². The van der Waals surface area contributed by atoms with Gasteiger partial charge in [-0.1, -0.05) is 15.9 Å². The van der Waals surface area contributed by atoms with Crippen LogP contribution in [0, 0.1) is 0 Å². The summed E-state index contributed by atoms with van der Waals surface area (Å²) in [5, 5.41) is -4.63. The van der Waals surface area contributed by atoms with E-state index in [1.807, 2.05) is 0 Å². The summed E-state index contributed by atoms with van der Waals surface area (Å²) < 4.78 is 65.4. The maximum Gasteiger partial charge on any atom is 0.402 e. The Balaban J connectivity index is 2.54. The highest BCUT2D eigenvalue weighted by Gasteiger charge is 2.45. The monoisotopic (exact) mass is 572 g/mol. The average molecular weight is 575 g/mol. The molecule has 0 atom stereocenters. The Labute approximate surface area is 166 Å². The maximum absolute atomic E-state index is 12.9. The van der Waals surface area contributed by atoms with Crippen LogP contribution in [0.25, 0.3) is 0 Å². The van der Waals surface area contributed by atoms with Crippen molar-refractivity contribution in [2.75, 3.05) is 6.61 Å². The van der Waals surface area contributed by atoms with Crippen LogP contribution < -0.4 is 4.74 Å². The molecular formula is C12H9Br3F2O7S. The average Bonchev–Trinajstić information content (AvgIpc) is 2.45. The number of carbonyl (C=O) groups excluding carboxylic acids is 2. The van der Waals surface area contributed by atoms with Crippen LogP contribution in [0.4, 0.5) is 8.78 Å². The zero-order valence-corrected chi connectivity index (χ0v) is 17.5. The molecule has 7 nitrogen and oxygen atoms in total. The lowest BCUT2D eigenvalue weighted by Crippen LogP contribution is -2.34. The van der Waals surface area contributed by atoms with Crippen LogP contribution in [0.2, 0.25) is 0 Å². The van der Waals surface area contributed by atoms with Crippen molar-refractivity contribution in [1.29, 1.82) is 0 Å². The second kappa shape index (κ2) is 8.84. The molecule has 140 valence electrons. The van der Waals surface area contributed by atoms with Gasteiger partial charge >= 0.3 is 27.3 Å². The van der Waals surface area contributed by atoms with Crippen LogP contribution in [-0.4, -0.2) is 36.8 Å². The summed E-state index contributed by atoms with van der Waals surface area (Å²) in [6.45, 7) is -1.86. The van der Waals surface area contributed by atoms with Gasteiger partial charge in [-0.3, -0.25) is 14.1 Å². The van der Waals surface area contributed by atoms with Crippen molar-refractivity contribution in [2.24, 2.45) is 0 Å². The van der Waals surface area contributed by atoms with Crippen LogP contribution >= 0.6 is 47.8 Å². The first-order chi connectivity index (χ1) is 11.3. The topological polar surface area (TPSA) is 107 Å². The molecule has 0 saturated carbocycles. The van der Waals surface area contributed by atoms with E-state index in [0.29, 0.717) is 13.4 Å². The minimum atomic E-state index is -5.70. The molecule has 0 aliphatic carbocycles. The molecule has 0 amide bonds. The second-order valence-electron chi connectivity index (χ2n) is 4.45. The lowest BCUT2D eigenvalue weighted by atomic mass is 10.3. The van der Waals surface area contributed by atoms with Gasteiger partial charge in [0, 0.05) is 4.47 Å². The van der Waals surface area contributed by atoms with Crippen LogP contribution in [0.1, 0.15) is 12.8 Å². The molecule has 25 heavy (non-hydrogen) atoms. The Morgan fingerprint density at radius 2 is 1.56 bits per heavy atom. The Bertz CT molecular complexity index is 760. The minimum absolute atomic E-state index is 0.152. The van der Waals surface area contributed by atoms with Gasteiger partial charge in [-0.15, -0.1) is 0 Å². The standard InChI is InChI=1S/C12H9Br3F2O7S/c13-6-3-7(14)11(8(15)4-6)24-10(19)2-1-9(18)23-5-12(16,17)25(20,21)22/h3-4H,1-2,5H2,(H,20,21,22). The van der Waals surface area contributed by atoms with Crippen molar-refractivity contribution < 1.29 is 40.8 Å². The van der Waals surface area contributed by atoms with E-state index in [4.69, 9.17) is 9.29 Å². The quantitative estimate of drug-likeness (QED) is 0.301. The molecule has 0 unspecified atom stereocenters. The van der Waals surface area contributed by atoms with E-state index in [2.05, 4.69) is 52.5 Å². The Kier molecular flexibility index (Phi) is 7.93. The fourth-order valence-corrected chi connectivity index (χ4v) is 3.94. The molecule has 0 heterocycles. The zero-order chi connectivity index (χ0) is 19.4. The maximum atomic E-state index is 12.9. The minimum Gasteiger partial charge on any atom is -0.458 e. The van der Waals surface area contributed by atoms with E-state index in [-0.39, 0.29) is 5.75 Å². The molecule has 0 radical (unpaired) electrons. The summed E-state index contributed by atoms with van der Waals surface area (Å²) >= 11 is 9.58. The number of esters is 2. The molecule has 0 aromatic heterocycles. The van der Waals surface area contributed by atoms with Gasteiger partial charge in [0.15, 0.2) is 12.4 Å². The van der Waals surface area contributed by atoms with Crippen LogP contribution in [0.3, 0.4) is 0 Å². The van der Waals surface area contributed by atoms with E-state index in [0.717, 1.165) is 0 Å². The van der Waals surface area contributed by atoms with Gasteiger partial charge < -0.3 is 9.47 Å². The molecule has 0 spiro atoms. The number of hydrogen-bond donors (Lipinski definition) is 1. The molecule has 0 saturated heterocycles. The van der Waals surface area contributed by atoms with Crippen molar-refractivity contribution in [2.45, 2.75) is 18.1 Å². The van der Waals surface area contributed by atoms with Crippen molar-refractivity contribution in [1.82, 2.24) is 0 Å². The number of ether oxygens (including phenoxy) is 2. The van der Waals surface area contributed by atoms with Crippen molar-refractivity contribution in [3.63, 3.8) is 0 Å². The van der Waals surface area contributed by atoms with E-state index < -0.39 is 46.8 Å². The second-order valence-corrected chi connectivity index (χ2v) is 8.62. The van der Waals surface area contributed by atoms with Gasteiger partial charge in [0.1, 0.15) is 0 Å². The molecule has 1 aromatic carbocycles. The Morgan fingerprint density at radius 1 is 1.08 bits per heavy atom. The van der Waals surface area contributed by atoms with Crippen molar-refractivity contribution in [3.05, 3.63) is 25.6 Å². The first kappa shape index (κ1) is 22.4. The molecule has 13 heteroatoms. The molecule has 1 rings (SSSR count). The summed E-state index contributed by atoms with van der Waals surface area (Å²) in [4.78, 5) is 23.0. The molecule has 1 N–H and O–H groups in total. The van der Waals surface area contributed by atoms with Gasteiger partial charge in [-0.05, 0) is 44.0 Å². The molecular weight excluding hydrogens is 566 g/mol. The van der Waals surface area contributed by atoms with Gasteiger partial charge in [0.05, 0.1) is 21.8 Å². The third-order valence-corrected chi connectivity index (χ3v) is 5.00. The third kappa shape index (κ3) is 6.89. The molecule has 0 aliphatic heterocycles. The van der Waals surface area contributed by atoms with Gasteiger partial charge in [0.25, 0.3) is 0 Å². The predicted octanol–water partition coefficient (Wildman–Crippen LogP) is 3.68. The summed E-state index contributed by atoms with van der Waals surface area (Å²) in [5.74, 6) is -1.95. The summed E-state index contributed by atoms with van der Waals surface area (Å²) in [7, 11) is -5.70. The lowest BCUT2D eigenvalue weighted by Gasteiger charge is -2.13. The highest BCUT2D eigenvalue weighted by atomic mass is 79.9. The van der Waals surface area contributed by atoms with Crippen LogP contribution in [-0.2, 0) is 24.4 Å². The fourth-order valence-electron chi connectivity index (χ4n) is 1.31. The Morgan fingerprint density at radius 3 is 2.04 bits per heavy atom. The summed E-state index contributed by atoms with van der Waals surface area (Å²) in [5.41, 5.74) is 0. The van der Waals surface area contributed by atoms with Crippen LogP contribution in [0.5, 0.6) is 5.75 Å².